The van der Waals surface area contributed by atoms with Gasteiger partial charge in [-0.15, -0.1) is 0 Å². The molecule has 0 fully saturated rings. The highest BCUT2D eigenvalue weighted by Crippen LogP contribution is 2.54. The van der Waals surface area contributed by atoms with Crippen LogP contribution in [0.15, 0.2) is 267 Å². The normalized spacial score (nSPS) is 11.9. The fourth-order valence-electron chi connectivity index (χ4n) is 16.0. The summed E-state index contributed by atoms with van der Waals surface area (Å²) in [7, 11) is 0. The van der Waals surface area contributed by atoms with Gasteiger partial charge in [-0.3, -0.25) is 4.98 Å². The molecular formula is C92H68N6. The number of fused-ring (bicyclic) bond motifs is 12. The number of aryl methyl sites for hydroxylation is 8. The van der Waals surface area contributed by atoms with E-state index >= 15 is 0 Å². The number of pyridine rings is 1. The van der Waals surface area contributed by atoms with Crippen LogP contribution < -0.4 is 0 Å². The molecule has 0 atom stereocenters. The molecule has 0 N–H and O–H groups in total. The molecule has 5 heterocycles. The molecule has 466 valence electrons. The van der Waals surface area contributed by atoms with Crippen molar-refractivity contribution in [3.63, 3.8) is 0 Å². The molecule has 5 aromatic heterocycles. The number of nitriles is 1. The van der Waals surface area contributed by atoms with E-state index < -0.39 is 0 Å². The Hall–Kier alpha value is -12.3. The first kappa shape index (κ1) is 58.3. The third kappa shape index (κ3) is 9.18. The molecule has 0 saturated heterocycles. The SMILES string of the molecule is Cc1ccc2c(c1)c1cc(C)ccc1n2-c1ccc(-c2c(C#N)c(-c3ccncc3)c(-c3ccc(-n4c5ccc(C)cc5c5cc(C)ccc54)cc3)c(-c3ccc(-n4c5ccc(C)cc5c5cc(C)ccc54)cc3)c2-c2ccc(-n3c4ccc(C)cc4c4cc(C)ccc43)cc2)cc1. The van der Waals surface area contributed by atoms with Crippen molar-refractivity contribution in [3.8, 4) is 84.5 Å². The summed E-state index contributed by atoms with van der Waals surface area (Å²) in [6.07, 6.45) is 3.71. The lowest BCUT2D eigenvalue weighted by atomic mass is 9.76. The summed E-state index contributed by atoms with van der Waals surface area (Å²) >= 11 is 0. The van der Waals surface area contributed by atoms with Crippen LogP contribution in [-0.2, 0) is 0 Å². The van der Waals surface area contributed by atoms with E-state index in [4.69, 9.17) is 0 Å². The van der Waals surface area contributed by atoms with Crippen molar-refractivity contribution in [2.24, 2.45) is 0 Å². The predicted molar refractivity (Wildman–Crippen MR) is 411 cm³/mol. The summed E-state index contributed by atoms with van der Waals surface area (Å²) in [6.45, 7) is 17.4. The minimum Gasteiger partial charge on any atom is -0.309 e. The maximum absolute atomic E-state index is 12.5. The van der Waals surface area contributed by atoms with Gasteiger partial charge in [0.25, 0.3) is 0 Å². The molecule has 0 amide bonds. The molecule has 0 aliphatic carbocycles. The van der Waals surface area contributed by atoms with Crippen LogP contribution in [0.1, 0.15) is 50.1 Å². The van der Waals surface area contributed by atoms with Gasteiger partial charge in [0.05, 0.1) is 49.7 Å². The monoisotopic (exact) mass is 1260 g/mol. The van der Waals surface area contributed by atoms with Crippen LogP contribution in [0.25, 0.3) is 166 Å². The molecular weight excluding hydrogens is 1190 g/mol. The van der Waals surface area contributed by atoms with Gasteiger partial charge in [0, 0.05) is 89.4 Å². The summed E-state index contributed by atoms with van der Waals surface area (Å²) in [6, 6.07) is 97.8. The molecule has 0 bridgehead atoms. The molecule has 6 nitrogen and oxygen atoms in total. The van der Waals surface area contributed by atoms with Gasteiger partial charge in [0.15, 0.2) is 0 Å². The van der Waals surface area contributed by atoms with Crippen molar-refractivity contribution in [2.75, 3.05) is 0 Å². The fraction of sp³-hybridized carbons (Fsp3) is 0.0870. The van der Waals surface area contributed by atoms with Crippen LogP contribution >= 0.6 is 0 Å². The van der Waals surface area contributed by atoms with Gasteiger partial charge in [-0.05, 0) is 258 Å². The summed E-state index contributed by atoms with van der Waals surface area (Å²) in [5.74, 6) is 0. The molecule has 18 rings (SSSR count). The second kappa shape index (κ2) is 22.4. The second-order valence-electron chi connectivity index (χ2n) is 27.3. The largest absolute Gasteiger partial charge is 0.309 e. The molecule has 0 spiro atoms. The Balaban J connectivity index is 0.938. The first-order valence-corrected chi connectivity index (χ1v) is 33.9. The molecule has 0 saturated carbocycles. The van der Waals surface area contributed by atoms with Crippen LogP contribution in [-0.4, -0.2) is 23.3 Å². The van der Waals surface area contributed by atoms with E-state index in [9.17, 15) is 5.26 Å². The van der Waals surface area contributed by atoms with Gasteiger partial charge in [-0.25, -0.2) is 0 Å². The van der Waals surface area contributed by atoms with E-state index in [1.165, 1.54) is 87.6 Å². The molecule has 0 unspecified atom stereocenters. The van der Waals surface area contributed by atoms with Crippen LogP contribution in [0, 0.1) is 66.7 Å². The fourth-order valence-corrected chi connectivity index (χ4v) is 16.0. The van der Waals surface area contributed by atoms with E-state index in [-0.39, 0.29) is 0 Å². The van der Waals surface area contributed by atoms with Crippen molar-refractivity contribution < 1.29 is 0 Å². The summed E-state index contributed by atoms with van der Waals surface area (Å²) in [4.78, 5) is 4.61. The highest BCUT2D eigenvalue weighted by Gasteiger charge is 2.30. The van der Waals surface area contributed by atoms with Gasteiger partial charge in [-0.2, -0.15) is 5.26 Å². The van der Waals surface area contributed by atoms with Crippen LogP contribution in [0.5, 0.6) is 0 Å². The summed E-state index contributed by atoms with van der Waals surface area (Å²) in [5.41, 5.74) is 33.1. The first-order chi connectivity index (χ1) is 47.8. The zero-order chi connectivity index (χ0) is 66.4. The van der Waals surface area contributed by atoms with Crippen LogP contribution in [0.2, 0.25) is 0 Å². The average molecular weight is 1260 g/mol. The molecule has 0 aliphatic rings. The van der Waals surface area contributed by atoms with Crippen LogP contribution in [0.3, 0.4) is 0 Å². The molecule has 13 aromatic carbocycles. The minimum absolute atomic E-state index is 0.572. The standard InChI is InChI=1S/C92H68N6/c1-54-9-33-80-71(45-54)72-46-55(2)10-34-81(72)95(80)67-25-17-62(18-26-67)88-79(53-93)89(66-41-43-94-44-42-66)91(64-21-29-69(30-22-64)97-84-37-13-58(5)49-75(84)76-50-59(6)14-38-85(76)97)92(65-23-31-70(32-24-65)98-86-39-15-60(7)51-77(86)78-52-61(8)16-40-87(78)98)90(88)63-19-27-68(28-20-63)96-82-35-11-56(3)47-73(82)74-48-57(4)12-36-83(74)96/h9-52H,1-8H3. The summed E-state index contributed by atoms with van der Waals surface area (Å²) in [5, 5.41) is 22.3. The van der Waals surface area contributed by atoms with E-state index in [1.807, 2.05) is 12.4 Å². The lowest BCUT2D eigenvalue weighted by molar-refractivity contribution is 1.18. The number of benzene rings is 13. The number of nitrogens with zero attached hydrogens (tertiary/aromatic N) is 6. The first-order valence-electron chi connectivity index (χ1n) is 33.9. The Morgan fingerprint density at radius 2 is 0.408 bits per heavy atom. The second-order valence-corrected chi connectivity index (χ2v) is 27.3. The predicted octanol–water partition coefficient (Wildman–Crippen LogP) is 24.1. The maximum Gasteiger partial charge on any atom is 0.100 e. The molecule has 0 aliphatic heterocycles. The number of rotatable bonds is 9. The van der Waals surface area contributed by atoms with Gasteiger partial charge in [0.1, 0.15) is 6.07 Å². The van der Waals surface area contributed by atoms with E-state index in [0.29, 0.717) is 5.56 Å². The highest BCUT2D eigenvalue weighted by molar-refractivity contribution is 6.15. The maximum atomic E-state index is 12.5. The minimum atomic E-state index is 0.572. The number of hydrogen-bond donors (Lipinski definition) is 0. The van der Waals surface area contributed by atoms with Crippen molar-refractivity contribution in [3.05, 3.63) is 317 Å². The average Bonchev–Trinajstić information content (AvgIpc) is 1.14. The third-order valence-electron chi connectivity index (χ3n) is 20.5. The molecule has 18 aromatic rings. The van der Waals surface area contributed by atoms with Gasteiger partial charge < -0.3 is 18.3 Å². The Kier molecular flexibility index (Phi) is 13.3. The summed E-state index contributed by atoms with van der Waals surface area (Å²) < 4.78 is 9.60. The zero-order valence-electron chi connectivity index (χ0n) is 56.1. The van der Waals surface area contributed by atoms with Crippen molar-refractivity contribution in [1.29, 1.82) is 5.26 Å². The van der Waals surface area contributed by atoms with Crippen molar-refractivity contribution in [2.45, 2.75) is 55.4 Å². The Bertz CT molecular complexity index is 6160. The molecule has 6 heteroatoms. The quantitative estimate of drug-likeness (QED) is 0.145. The van der Waals surface area contributed by atoms with E-state index in [2.05, 4.69) is 339 Å². The van der Waals surface area contributed by atoms with Gasteiger partial charge in [0.2, 0.25) is 0 Å². The lowest BCUT2D eigenvalue weighted by Crippen LogP contribution is -2.03. The Morgan fingerprint density at radius 1 is 0.224 bits per heavy atom. The van der Waals surface area contributed by atoms with Crippen LogP contribution in [0.4, 0.5) is 0 Å². The molecule has 0 radical (unpaired) electrons. The Labute approximate surface area is 569 Å². The Morgan fingerprint density at radius 3 is 0.612 bits per heavy atom. The molecule has 98 heavy (non-hydrogen) atoms. The zero-order valence-corrected chi connectivity index (χ0v) is 56.1. The van der Waals surface area contributed by atoms with Crippen molar-refractivity contribution in [1.82, 2.24) is 23.3 Å². The van der Waals surface area contributed by atoms with Crippen molar-refractivity contribution >= 4 is 87.2 Å². The topological polar surface area (TPSA) is 56.4 Å². The van der Waals surface area contributed by atoms with E-state index in [1.54, 1.807) is 0 Å². The van der Waals surface area contributed by atoms with E-state index in [0.717, 1.165) is 123 Å². The van der Waals surface area contributed by atoms with Gasteiger partial charge >= 0.3 is 0 Å². The third-order valence-corrected chi connectivity index (χ3v) is 20.5. The number of aromatic nitrogens is 5. The smallest absolute Gasteiger partial charge is 0.100 e. The van der Waals surface area contributed by atoms with Gasteiger partial charge in [-0.1, -0.05) is 142 Å². The lowest BCUT2D eigenvalue weighted by Gasteiger charge is -2.26. The highest BCUT2D eigenvalue weighted by atomic mass is 15.0. The number of hydrogen-bond acceptors (Lipinski definition) is 2.